The molecule has 0 saturated carbocycles. The van der Waals surface area contributed by atoms with Gasteiger partial charge in [-0.25, -0.2) is 8.42 Å². The van der Waals surface area contributed by atoms with Gasteiger partial charge in [0.1, 0.15) is 6.04 Å². The highest BCUT2D eigenvalue weighted by Gasteiger charge is 2.38. The first-order valence-electron chi connectivity index (χ1n) is 8.35. The Balaban J connectivity index is 1.83. The summed E-state index contributed by atoms with van der Waals surface area (Å²) in [7, 11) is -3.55. The molecule has 0 aromatic heterocycles. The van der Waals surface area contributed by atoms with Crippen molar-refractivity contribution in [3.63, 3.8) is 0 Å². The molecule has 1 saturated heterocycles. The minimum absolute atomic E-state index is 0.00729. The van der Waals surface area contributed by atoms with E-state index in [0.717, 1.165) is 11.1 Å². The molecule has 1 unspecified atom stereocenters. The van der Waals surface area contributed by atoms with Gasteiger partial charge in [0.15, 0.2) is 0 Å². The maximum atomic E-state index is 12.9. The molecule has 2 aromatic rings. The highest BCUT2D eigenvalue weighted by Crippen LogP contribution is 2.27. The lowest BCUT2D eigenvalue weighted by atomic mass is 10.0. The van der Waals surface area contributed by atoms with E-state index in [9.17, 15) is 13.2 Å². The highest BCUT2D eigenvalue weighted by atomic mass is 32.2. The second-order valence-electron chi connectivity index (χ2n) is 6.27. The van der Waals surface area contributed by atoms with Crippen LogP contribution in [0.25, 0.3) is 0 Å². The van der Waals surface area contributed by atoms with Crippen molar-refractivity contribution >= 4 is 15.9 Å². The van der Waals surface area contributed by atoms with Crippen LogP contribution in [0.1, 0.15) is 22.7 Å². The van der Waals surface area contributed by atoms with Crippen LogP contribution in [0.2, 0.25) is 0 Å². The average Bonchev–Trinajstić information content (AvgIpc) is 2.62. The van der Waals surface area contributed by atoms with Gasteiger partial charge in [-0.05, 0) is 24.5 Å². The van der Waals surface area contributed by atoms with E-state index in [2.05, 4.69) is 5.32 Å². The minimum atomic E-state index is -3.55. The number of nitrogens with one attached hydrogen (secondary N) is 1. The number of carbonyl (C=O) groups excluding carboxylic acids is 1. The predicted octanol–water partition coefficient (Wildman–Crippen LogP) is 2.04. The number of rotatable bonds is 5. The van der Waals surface area contributed by atoms with E-state index >= 15 is 0 Å². The quantitative estimate of drug-likeness (QED) is 0.889. The van der Waals surface area contributed by atoms with Crippen molar-refractivity contribution in [2.24, 2.45) is 0 Å². The highest BCUT2D eigenvalue weighted by molar-refractivity contribution is 7.89. The van der Waals surface area contributed by atoms with Gasteiger partial charge in [0.05, 0.1) is 5.75 Å². The summed E-state index contributed by atoms with van der Waals surface area (Å²) in [5.41, 5.74) is 2.74. The number of hydrogen-bond donors (Lipinski definition) is 1. The van der Waals surface area contributed by atoms with Gasteiger partial charge in [-0.2, -0.15) is 4.31 Å². The lowest BCUT2D eigenvalue weighted by Gasteiger charge is -2.34. The fourth-order valence-electron chi connectivity index (χ4n) is 3.02. The van der Waals surface area contributed by atoms with Crippen LogP contribution in [0.3, 0.4) is 0 Å². The molecule has 132 valence electrons. The molecule has 25 heavy (non-hydrogen) atoms. The first-order chi connectivity index (χ1) is 12.0. The van der Waals surface area contributed by atoms with Crippen LogP contribution in [0.4, 0.5) is 0 Å². The fraction of sp³-hybridized carbons (Fsp3) is 0.316. The molecule has 2 aromatic carbocycles. The Morgan fingerprint density at radius 1 is 1.08 bits per heavy atom. The summed E-state index contributed by atoms with van der Waals surface area (Å²) < 4.78 is 27.1. The van der Waals surface area contributed by atoms with Crippen LogP contribution < -0.4 is 5.32 Å². The zero-order valence-corrected chi connectivity index (χ0v) is 15.0. The second-order valence-corrected chi connectivity index (χ2v) is 8.31. The van der Waals surface area contributed by atoms with Crippen LogP contribution in [-0.2, 0) is 21.2 Å². The average molecular weight is 358 g/mol. The van der Waals surface area contributed by atoms with Crippen LogP contribution in [-0.4, -0.2) is 37.5 Å². The SMILES string of the molecule is Cc1ccc(C2C(=O)NCCN2S(=O)(=O)CCc2ccccc2)cc1. The first-order valence-corrected chi connectivity index (χ1v) is 9.96. The van der Waals surface area contributed by atoms with Crippen molar-refractivity contribution in [2.45, 2.75) is 19.4 Å². The third kappa shape index (κ3) is 4.08. The summed E-state index contributed by atoms with van der Waals surface area (Å²) in [5, 5.41) is 2.78. The predicted molar refractivity (Wildman–Crippen MR) is 97.6 cm³/mol. The Morgan fingerprint density at radius 2 is 1.76 bits per heavy atom. The molecule has 1 aliphatic rings. The molecule has 1 fully saturated rings. The van der Waals surface area contributed by atoms with Crippen LogP contribution in [0.15, 0.2) is 54.6 Å². The van der Waals surface area contributed by atoms with Crippen molar-refractivity contribution < 1.29 is 13.2 Å². The van der Waals surface area contributed by atoms with Gasteiger partial charge >= 0.3 is 0 Å². The molecule has 1 N–H and O–H groups in total. The lowest BCUT2D eigenvalue weighted by Crippen LogP contribution is -2.52. The smallest absolute Gasteiger partial charge is 0.243 e. The molecule has 0 bridgehead atoms. The molecular formula is C19H22N2O3S. The number of sulfonamides is 1. The number of aryl methyl sites for hydroxylation is 2. The number of benzene rings is 2. The molecule has 1 heterocycles. The molecule has 1 aliphatic heterocycles. The van der Waals surface area contributed by atoms with E-state index in [4.69, 9.17) is 0 Å². The van der Waals surface area contributed by atoms with Gasteiger partial charge in [0, 0.05) is 13.1 Å². The zero-order valence-electron chi connectivity index (χ0n) is 14.2. The number of piperazine rings is 1. The summed E-state index contributed by atoms with van der Waals surface area (Å²) >= 11 is 0. The van der Waals surface area contributed by atoms with Gasteiger partial charge in [-0.15, -0.1) is 0 Å². The number of amides is 1. The van der Waals surface area contributed by atoms with Gasteiger partial charge in [-0.1, -0.05) is 60.2 Å². The van der Waals surface area contributed by atoms with Crippen molar-refractivity contribution in [1.29, 1.82) is 0 Å². The third-order valence-corrected chi connectivity index (χ3v) is 6.24. The minimum Gasteiger partial charge on any atom is -0.353 e. The molecule has 6 heteroatoms. The van der Waals surface area contributed by atoms with Gasteiger partial charge in [-0.3, -0.25) is 4.79 Å². The monoisotopic (exact) mass is 358 g/mol. The Labute approximate surface area is 148 Å². The van der Waals surface area contributed by atoms with Gasteiger partial charge in [0.25, 0.3) is 0 Å². The summed E-state index contributed by atoms with van der Waals surface area (Å²) in [5.74, 6) is -0.273. The van der Waals surface area contributed by atoms with E-state index < -0.39 is 16.1 Å². The lowest BCUT2D eigenvalue weighted by molar-refractivity contribution is -0.126. The Hall–Kier alpha value is -2.18. The molecule has 0 radical (unpaired) electrons. The third-order valence-electron chi connectivity index (χ3n) is 4.41. The molecule has 5 nitrogen and oxygen atoms in total. The summed E-state index contributed by atoms with van der Waals surface area (Å²) in [6.07, 6.45) is 0.432. The van der Waals surface area contributed by atoms with Crippen molar-refractivity contribution in [1.82, 2.24) is 9.62 Å². The molecular weight excluding hydrogens is 336 g/mol. The van der Waals surface area contributed by atoms with Crippen LogP contribution in [0, 0.1) is 6.92 Å². The Bertz CT molecular complexity index is 833. The Kier molecular flexibility index (Phi) is 5.20. The molecule has 1 amide bonds. The topological polar surface area (TPSA) is 66.5 Å². The van der Waals surface area contributed by atoms with Crippen molar-refractivity contribution in [3.05, 3.63) is 71.3 Å². The van der Waals surface area contributed by atoms with Crippen LogP contribution in [0.5, 0.6) is 0 Å². The standard InChI is InChI=1S/C19H22N2O3S/c1-15-7-9-17(10-8-15)18-19(22)20-12-13-21(18)25(23,24)14-11-16-5-3-2-4-6-16/h2-10,18H,11-14H2,1H3,(H,20,22). The van der Waals surface area contributed by atoms with E-state index in [-0.39, 0.29) is 11.7 Å². The second kappa shape index (κ2) is 7.37. The maximum Gasteiger partial charge on any atom is 0.243 e. The van der Waals surface area contributed by atoms with E-state index in [0.29, 0.717) is 25.1 Å². The van der Waals surface area contributed by atoms with Gasteiger partial charge in [0.2, 0.25) is 15.9 Å². The number of nitrogens with zero attached hydrogens (tertiary/aromatic N) is 1. The van der Waals surface area contributed by atoms with Crippen molar-refractivity contribution in [3.8, 4) is 0 Å². The Morgan fingerprint density at radius 3 is 2.44 bits per heavy atom. The fourth-order valence-corrected chi connectivity index (χ4v) is 4.66. The van der Waals surface area contributed by atoms with E-state index in [1.54, 1.807) is 0 Å². The summed E-state index contributed by atoms with van der Waals surface area (Å²) in [4.78, 5) is 12.4. The summed E-state index contributed by atoms with van der Waals surface area (Å²) in [6, 6.07) is 16.2. The number of carbonyl (C=O) groups is 1. The number of hydrogen-bond acceptors (Lipinski definition) is 3. The first kappa shape index (κ1) is 17.6. The van der Waals surface area contributed by atoms with Crippen LogP contribution >= 0.6 is 0 Å². The van der Waals surface area contributed by atoms with E-state index in [1.165, 1.54) is 4.31 Å². The zero-order chi connectivity index (χ0) is 17.9. The largest absolute Gasteiger partial charge is 0.353 e. The molecule has 0 aliphatic carbocycles. The summed E-state index contributed by atoms with van der Waals surface area (Å²) in [6.45, 7) is 2.59. The van der Waals surface area contributed by atoms with E-state index in [1.807, 2.05) is 61.5 Å². The van der Waals surface area contributed by atoms with Gasteiger partial charge < -0.3 is 5.32 Å². The molecule has 3 rings (SSSR count). The normalized spacial score (nSPS) is 18.8. The van der Waals surface area contributed by atoms with Crippen molar-refractivity contribution in [2.75, 3.05) is 18.8 Å². The molecule has 1 atom stereocenters. The maximum absolute atomic E-state index is 12.9. The molecule has 0 spiro atoms.